The lowest BCUT2D eigenvalue weighted by atomic mass is 10.1. The Bertz CT molecular complexity index is 1120. The summed E-state index contributed by atoms with van der Waals surface area (Å²) in [6, 6.07) is 13.2. The molecule has 0 radical (unpaired) electrons. The molecule has 0 atom stereocenters. The lowest BCUT2D eigenvalue weighted by Crippen LogP contribution is -2.32. The topological polar surface area (TPSA) is 80.8 Å². The predicted octanol–water partition coefficient (Wildman–Crippen LogP) is 3.99. The number of carbonyl (C=O) groups excluding carboxylic acids is 2. The summed E-state index contributed by atoms with van der Waals surface area (Å²) in [7, 11) is 4.78. The Morgan fingerprint density at radius 2 is 1.88 bits per heavy atom. The van der Waals surface area contributed by atoms with E-state index in [2.05, 4.69) is 10.3 Å². The zero-order chi connectivity index (χ0) is 22.7. The van der Waals surface area contributed by atoms with E-state index in [-0.39, 0.29) is 17.9 Å². The van der Waals surface area contributed by atoms with E-state index in [4.69, 9.17) is 9.47 Å². The van der Waals surface area contributed by atoms with Crippen molar-refractivity contribution in [2.24, 2.45) is 0 Å². The standard InChI is InChI=1S/C24H25N3O4S/c1-25-22(28)16-9-7-15(8-10-16)13-27(17-11-12-17)24(29)19-14-32-23(26-19)18-5-4-6-20(30-2)21(18)31-3/h4-10,14,17H,11-13H2,1-3H3,(H,25,28). The van der Waals surface area contributed by atoms with Gasteiger partial charge in [0, 0.05) is 30.6 Å². The molecule has 1 fully saturated rings. The van der Waals surface area contributed by atoms with E-state index < -0.39 is 0 Å². The molecular formula is C24H25N3O4S. The molecule has 0 aliphatic heterocycles. The zero-order valence-corrected chi connectivity index (χ0v) is 19.1. The molecule has 0 spiro atoms. The molecule has 1 heterocycles. The van der Waals surface area contributed by atoms with Gasteiger partial charge in [0.05, 0.1) is 19.8 Å². The minimum atomic E-state index is -0.130. The summed E-state index contributed by atoms with van der Waals surface area (Å²) in [5, 5.41) is 5.11. The van der Waals surface area contributed by atoms with E-state index in [1.807, 2.05) is 35.2 Å². The Morgan fingerprint density at radius 3 is 2.50 bits per heavy atom. The Balaban J connectivity index is 1.56. The van der Waals surface area contributed by atoms with Crippen molar-refractivity contribution in [1.29, 1.82) is 0 Å². The molecule has 166 valence electrons. The molecule has 1 saturated carbocycles. The first-order chi connectivity index (χ1) is 15.5. The second-order valence-electron chi connectivity index (χ2n) is 7.52. The molecule has 2 aromatic carbocycles. The molecule has 4 rings (SSSR count). The molecule has 2 amide bonds. The van der Waals surface area contributed by atoms with Gasteiger partial charge in [-0.2, -0.15) is 0 Å². The fourth-order valence-corrected chi connectivity index (χ4v) is 4.37. The molecule has 0 bridgehead atoms. The van der Waals surface area contributed by atoms with Crippen LogP contribution in [0.3, 0.4) is 0 Å². The monoisotopic (exact) mass is 451 g/mol. The molecule has 1 aliphatic carbocycles. The summed E-state index contributed by atoms with van der Waals surface area (Å²) >= 11 is 1.40. The SMILES string of the molecule is CNC(=O)c1ccc(CN(C(=O)c2csc(-c3cccc(OC)c3OC)n2)C2CC2)cc1. The van der Waals surface area contributed by atoms with Gasteiger partial charge in [-0.1, -0.05) is 18.2 Å². The van der Waals surface area contributed by atoms with Crippen molar-refractivity contribution in [3.05, 3.63) is 64.7 Å². The second kappa shape index (κ2) is 9.40. The van der Waals surface area contributed by atoms with Crippen LogP contribution in [0, 0.1) is 0 Å². The highest BCUT2D eigenvalue weighted by atomic mass is 32.1. The van der Waals surface area contributed by atoms with Crippen molar-refractivity contribution < 1.29 is 19.1 Å². The number of ether oxygens (including phenoxy) is 2. The number of nitrogens with zero attached hydrogens (tertiary/aromatic N) is 2. The van der Waals surface area contributed by atoms with Crippen LogP contribution in [0.1, 0.15) is 39.3 Å². The zero-order valence-electron chi connectivity index (χ0n) is 18.3. The van der Waals surface area contributed by atoms with Crippen LogP contribution in [0.15, 0.2) is 47.8 Å². The first-order valence-corrected chi connectivity index (χ1v) is 11.2. The van der Waals surface area contributed by atoms with Crippen LogP contribution < -0.4 is 14.8 Å². The maximum Gasteiger partial charge on any atom is 0.273 e. The van der Waals surface area contributed by atoms with Gasteiger partial charge in [-0.3, -0.25) is 9.59 Å². The third-order valence-corrected chi connectivity index (χ3v) is 6.28. The molecule has 1 aliphatic rings. The number of thiazole rings is 1. The number of carbonyl (C=O) groups is 2. The van der Waals surface area contributed by atoms with Gasteiger partial charge in [0.25, 0.3) is 11.8 Å². The van der Waals surface area contributed by atoms with Crippen molar-refractivity contribution in [2.45, 2.75) is 25.4 Å². The van der Waals surface area contributed by atoms with Crippen molar-refractivity contribution in [1.82, 2.24) is 15.2 Å². The second-order valence-corrected chi connectivity index (χ2v) is 8.38. The van der Waals surface area contributed by atoms with Crippen LogP contribution in [0.25, 0.3) is 10.6 Å². The summed E-state index contributed by atoms with van der Waals surface area (Å²) in [5.74, 6) is 0.994. The van der Waals surface area contributed by atoms with E-state index in [9.17, 15) is 9.59 Å². The van der Waals surface area contributed by atoms with Crippen molar-refractivity contribution >= 4 is 23.2 Å². The van der Waals surface area contributed by atoms with Crippen LogP contribution in [0.2, 0.25) is 0 Å². The van der Waals surface area contributed by atoms with Gasteiger partial charge < -0.3 is 19.7 Å². The van der Waals surface area contributed by atoms with Gasteiger partial charge in [-0.25, -0.2) is 4.98 Å². The maximum absolute atomic E-state index is 13.3. The number of rotatable bonds is 8. The Hall–Kier alpha value is -3.39. The number of methoxy groups -OCH3 is 2. The largest absolute Gasteiger partial charge is 0.493 e. The van der Waals surface area contributed by atoms with Gasteiger partial charge in [0.2, 0.25) is 0 Å². The number of benzene rings is 2. The molecule has 8 heteroatoms. The van der Waals surface area contributed by atoms with Gasteiger partial charge in [-0.15, -0.1) is 11.3 Å². The average Bonchev–Trinajstić information content (AvgIpc) is 3.56. The minimum Gasteiger partial charge on any atom is -0.493 e. The quantitative estimate of drug-likeness (QED) is 0.560. The van der Waals surface area contributed by atoms with Crippen molar-refractivity contribution in [3.8, 4) is 22.1 Å². The van der Waals surface area contributed by atoms with Gasteiger partial charge in [0.1, 0.15) is 10.7 Å². The smallest absolute Gasteiger partial charge is 0.273 e. The molecule has 32 heavy (non-hydrogen) atoms. The third-order valence-electron chi connectivity index (χ3n) is 5.40. The van der Waals surface area contributed by atoms with Crippen LogP contribution in [0.4, 0.5) is 0 Å². The number of aromatic nitrogens is 1. The Labute approximate surface area is 191 Å². The minimum absolute atomic E-state index is 0.0905. The summed E-state index contributed by atoms with van der Waals surface area (Å²) in [6.45, 7) is 0.479. The summed E-state index contributed by atoms with van der Waals surface area (Å²) in [5.41, 5.74) is 2.78. The first kappa shape index (κ1) is 21.8. The van der Waals surface area contributed by atoms with E-state index in [1.165, 1.54) is 11.3 Å². The molecule has 0 unspecified atom stereocenters. The lowest BCUT2D eigenvalue weighted by molar-refractivity contribution is 0.0724. The number of amides is 2. The van der Waals surface area contributed by atoms with Crippen LogP contribution >= 0.6 is 11.3 Å². The van der Waals surface area contributed by atoms with E-state index >= 15 is 0 Å². The molecule has 3 aromatic rings. The summed E-state index contributed by atoms with van der Waals surface area (Å²) < 4.78 is 10.9. The summed E-state index contributed by atoms with van der Waals surface area (Å²) in [4.78, 5) is 31.6. The number of para-hydroxylation sites is 1. The van der Waals surface area contributed by atoms with Gasteiger partial charge in [-0.05, 0) is 42.7 Å². The van der Waals surface area contributed by atoms with Crippen molar-refractivity contribution in [2.75, 3.05) is 21.3 Å². The van der Waals surface area contributed by atoms with Crippen molar-refractivity contribution in [3.63, 3.8) is 0 Å². The fourth-order valence-electron chi connectivity index (χ4n) is 3.55. The Kier molecular flexibility index (Phi) is 6.41. The predicted molar refractivity (Wildman–Crippen MR) is 123 cm³/mol. The highest BCUT2D eigenvalue weighted by molar-refractivity contribution is 7.13. The maximum atomic E-state index is 13.3. The lowest BCUT2D eigenvalue weighted by Gasteiger charge is -2.21. The third kappa shape index (κ3) is 4.45. The number of nitrogens with one attached hydrogen (secondary N) is 1. The first-order valence-electron chi connectivity index (χ1n) is 10.3. The number of hydrogen-bond acceptors (Lipinski definition) is 6. The van der Waals surface area contributed by atoms with E-state index in [1.54, 1.807) is 38.8 Å². The molecule has 1 aromatic heterocycles. The summed E-state index contributed by atoms with van der Waals surface area (Å²) in [6.07, 6.45) is 1.98. The van der Waals surface area contributed by atoms with E-state index in [0.717, 1.165) is 24.0 Å². The average molecular weight is 452 g/mol. The highest BCUT2D eigenvalue weighted by Gasteiger charge is 2.34. The van der Waals surface area contributed by atoms with Gasteiger partial charge >= 0.3 is 0 Å². The van der Waals surface area contributed by atoms with Gasteiger partial charge in [0.15, 0.2) is 11.5 Å². The molecule has 1 N–H and O–H groups in total. The molecule has 0 saturated heterocycles. The van der Waals surface area contributed by atoms with Crippen LogP contribution in [0.5, 0.6) is 11.5 Å². The fraction of sp³-hybridized carbons (Fsp3) is 0.292. The normalized spacial score (nSPS) is 12.8. The Morgan fingerprint density at radius 1 is 1.12 bits per heavy atom. The highest BCUT2D eigenvalue weighted by Crippen LogP contribution is 2.39. The molecular weight excluding hydrogens is 426 g/mol. The van der Waals surface area contributed by atoms with Crippen LogP contribution in [-0.4, -0.2) is 49.0 Å². The van der Waals surface area contributed by atoms with Crippen LogP contribution in [-0.2, 0) is 6.54 Å². The number of hydrogen-bond donors (Lipinski definition) is 1. The van der Waals surface area contributed by atoms with E-state index in [0.29, 0.717) is 34.3 Å². The molecule has 7 nitrogen and oxygen atoms in total.